The summed E-state index contributed by atoms with van der Waals surface area (Å²) < 4.78 is 6.87. The number of nitrogens with one attached hydrogen (secondary N) is 2. The standard InChI is InChI=1S/C18H22N4O2S/c1-13-15-12-16(17(23)20-9-8-19-10-11-24-2)25-18(15)22(21-13)14-6-4-3-5-7-14/h3-7,12,19H,8-11H2,1-2H3,(H,20,23). The van der Waals surface area contributed by atoms with Crippen molar-refractivity contribution >= 4 is 27.5 Å². The van der Waals surface area contributed by atoms with E-state index in [0.29, 0.717) is 18.0 Å². The van der Waals surface area contributed by atoms with E-state index >= 15 is 0 Å². The van der Waals surface area contributed by atoms with Crippen molar-refractivity contribution in [1.82, 2.24) is 20.4 Å². The van der Waals surface area contributed by atoms with E-state index in [1.54, 1.807) is 7.11 Å². The number of para-hydroxylation sites is 1. The van der Waals surface area contributed by atoms with Gasteiger partial charge in [-0.05, 0) is 25.1 Å². The maximum atomic E-state index is 12.4. The minimum absolute atomic E-state index is 0.0475. The summed E-state index contributed by atoms with van der Waals surface area (Å²) in [6.07, 6.45) is 0. The van der Waals surface area contributed by atoms with Gasteiger partial charge in [-0.3, -0.25) is 4.79 Å². The summed E-state index contributed by atoms with van der Waals surface area (Å²) in [5.41, 5.74) is 1.92. The number of nitrogens with zero attached hydrogens (tertiary/aromatic N) is 2. The molecule has 1 amide bonds. The number of benzene rings is 1. The van der Waals surface area contributed by atoms with Gasteiger partial charge in [-0.15, -0.1) is 11.3 Å². The van der Waals surface area contributed by atoms with Crippen molar-refractivity contribution in [2.45, 2.75) is 6.92 Å². The second-order valence-electron chi connectivity index (χ2n) is 5.66. The van der Waals surface area contributed by atoms with E-state index in [0.717, 1.165) is 34.7 Å². The lowest BCUT2D eigenvalue weighted by Crippen LogP contribution is -2.32. The first kappa shape index (κ1) is 17.6. The molecule has 2 N–H and O–H groups in total. The van der Waals surface area contributed by atoms with Crippen molar-refractivity contribution in [2.24, 2.45) is 0 Å². The molecular formula is C18H22N4O2S. The van der Waals surface area contributed by atoms with Crippen LogP contribution in [0.4, 0.5) is 0 Å². The minimum atomic E-state index is -0.0475. The van der Waals surface area contributed by atoms with Gasteiger partial charge < -0.3 is 15.4 Å². The van der Waals surface area contributed by atoms with E-state index in [4.69, 9.17) is 4.74 Å². The molecule has 7 heteroatoms. The van der Waals surface area contributed by atoms with Crippen molar-refractivity contribution in [2.75, 3.05) is 33.4 Å². The lowest BCUT2D eigenvalue weighted by Gasteiger charge is -2.05. The number of thiophene rings is 1. The molecule has 3 aromatic rings. The molecule has 132 valence electrons. The van der Waals surface area contributed by atoms with Gasteiger partial charge in [0.15, 0.2) is 0 Å². The van der Waals surface area contributed by atoms with Gasteiger partial charge in [0.05, 0.1) is 22.9 Å². The number of amides is 1. The van der Waals surface area contributed by atoms with Gasteiger partial charge in [-0.25, -0.2) is 4.68 Å². The third-order valence-electron chi connectivity index (χ3n) is 3.84. The normalized spacial score (nSPS) is 11.1. The molecule has 0 saturated carbocycles. The van der Waals surface area contributed by atoms with Crippen LogP contribution in [-0.4, -0.2) is 49.0 Å². The third kappa shape index (κ3) is 4.07. The zero-order valence-corrected chi connectivity index (χ0v) is 15.2. The monoisotopic (exact) mass is 358 g/mol. The lowest BCUT2D eigenvalue weighted by molar-refractivity contribution is 0.0958. The second kappa shape index (κ2) is 8.24. The van der Waals surface area contributed by atoms with E-state index < -0.39 is 0 Å². The van der Waals surface area contributed by atoms with Gasteiger partial charge >= 0.3 is 0 Å². The molecule has 0 bridgehead atoms. The third-order valence-corrected chi connectivity index (χ3v) is 4.95. The number of carbonyl (C=O) groups is 1. The SMILES string of the molecule is COCCNCCNC(=O)c1cc2c(C)nn(-c3ccccc3)c2s1. The number of fused-ring (bicyclic) bond motifs is 1. The maximum absolute atomic E-state index is 12.4. The van der Waals surface area contributed by atoms with Gasteiger partial charge in [0.2, 0.25) is 0 Å². The Morgan fingerprint density at radius 2 is 2.04 bits per heavy atom. The Labute approximate surface area is 150 Å². The van der Waals surface area contributed by atoms with Crippen molar-refractivity contribution in [3.63, 3.8) is 0 Å². The van der Waals surface area contributed by atoms with Gasteiger partial charge in [0.25, 0.3) is 5.91 Å². The molecule has 0 unspecified atom stereocenters. The van der Waals surface area contributed by atoms with Gasteiger partial charge in [0.1, 0.15) is 4.83 Å². The molecular weight excluding hydrogens is 336 g/mol. The van der Waals surface area contributed by atoms with Crippen LogP contribution in [0.5, 0.6) is 0 Å². The summed E-state index contributed by atoms with van der Waals surface area (Å²) in [7, 11) is 1.67. The van der Waals surface area contributed by atoms with Gasteiger partial charge in [-0.2, -0.15) is 5.10 Å². The van der Waals surface area contributed by atoms with Crippen molar-refractivity contribution in [3.8, 4) is 5.69 Å². The number of methoxy groups -OCH3 is 1. The smallest absolute Gasteiger partial charge is 0.261 e. The zero-order valence-electron chi connectivity index (χ0n) is 14.4. The molecule has 0 spiro atoms. The van der Waals surface area contributed by atoms with E-state index in [2.05, 4.69) is 15.7 Å². The number of rotatable bonds is 8. The molecule has 0 saturated heterocycles. The van der Waals surface area contributed by atoms with Crippen molar-refractivity contribution in [1.29, 1.82) is 0 Å². The number of aryl methyl sites for hydroxylation is 1. The summed E-state index contributed by atoms with van der Waals surface area (Å²) in [4.78, 5) is 14.1. The Kier molecular flexibility index (Phi) is 5.80. The van der Waals surface area contributed by atoms with E-state index in [9.17, 15) is 4.79 Å². The van der Waals surface area contributed by atoms with Crippen LogP contribution in [-0.2, 0) is 4.74 Å². The molecule has 2 heterocycles. The second-order valence-corrected chi connectivity index (χ2v) is 6.69. The summed E-state index contributed by atoms with van der Waals surface area (Å²) in [5, 5.41) is 11.8. The topological polar surface area (TPSA) is 68.2 Å². The fourth-order valence-corrected chi connectivity index (χ4v) is 3.65. The van der Waals surface area contributed by atoms with Crippen LogP contribution < -0.4 is 10.6 Å². The highest BCUT2D eigenvalue weighted by Crippen LogP contribution is 2.30. The summed E-state index contributed by atoms with van der Waals surface area (Å²) >= 11 is 1.47. The lowest BCUT2D eigenvalue weighted by atomic mass is 10.3. The average Bonchev–Trinajstić information content (AvgIpc) is 3.19. The summed E-state index contributed by atoms with van der Waals surface area (Å²) in [6.45, 7) is 4.72. The quantitative estimate of drug-likeness (QED) is 0.607. The molecule has 0 radical (unpaired) electrons. The fourth-order valence-electron chi connectivity index (χ4n) is 2.55. The molecule has 0 aliphatic rings. The molecule has 1 aromatic carbocycles. The van der Waals surface area contributed by atoms with Crippen LogP contribution in [0.3, 0.4) is 0 Å². The first-order valence-electron chi connectivity index (χ1n) is 8.23. The number of hydrogen-bond donors (Lipinski definition) is 2. The Hall–Kier alpha value is -2.22. The predicted octanol–water partition coefficient (Wildman–Crippen LogP) is 2.36. The molecule has 0 fully saturated rings. The molecule has 0 aliphatic heterocycles. The molecule has 0 aliphatic carbocycles. The first-order chi connectivity index (χ1) is 12.2. The largest absolute Gasteiger partial charge is 0.383 e. The van der Waals surface area contributed by atoms with Crippen LogP contribution in [0.25, 0.3) is 15.9 Å². The Bertz CT molecular complexity index is 842. The fraction of sp³-hybridized carbons (Fsp3) is 0.333. The van der Waals surface area contributed by atoms with Crippen LogP contribution >= 0.6 is 11.3 Å². The van der Waals surface area contributed by atoms with Crippen molar-refractivity contribution in [3.05, 3.63) is 47.0 Å². The first-order valence-corrected chi connectivity index (χ1v) is 9.05. The Morgan fingerprint density at radius 3 is 2.80 bits per heavy atom. The predicted molar refractivity (Wildman–Crippen MR) is 101 cm³/mol. The van der Waals surface area contributed by atoms with Gasteiger partial charge in [0, 0.05) is 32.1 Å². The highest BCUT2D eigenvalue weighted by atomic mass is 32.1. The number of aromatic nitrogens is 2. The molecule has 25 heavy (non-hydrogen) atoms. The molecule has 2 aromatic heterocycles. The van der Waals surface area contributed by atoms with E-state index in [1.165, 1.54) is 11.3 Å². The maximum Gasteiger partial charge on any atom is 0.261 e. The van der Waals surface area contributed by atoms with Crippen molar-refractivity contribution < 1.29 is 9.53 Å². The molecule has 0 atom stereocenters. The minimum Gasteiger partial charge on any atom is -0.383 e. The summed E-state index contributed by atoms with van der Waals surface area (Å²) in [6, 6.07) is 11.9. The van der Waals surface area contributed by atoms with Crippen LogP contribution in [0.15, 0.2) is 36.4 Å². The van der Waals surface area contributed by atoms with E-state index in [-0.39, 0.29) is 5.91 Å². The Morgan fingerprint density at radius 1 is 1.24 bits per heavy atom. The highest BCUT2D eigenvalue weighted by molar-refractivity contribution is 7.20. The van der Waals surface area contributed by atoms with Crippen LogP contribution in [0.2, 0.25) is 0 Å². The van der Waals surface area contributed by atoms with E-state index in [1.807, 2.05) is 48.0 Å². The zero-order chi connectivity index (χ0) is 17.6. The molecule has 3 rings (SSSR count). The Balaban J connectivity index is 1.70. The number of hydrogen-bond acceptors (Lipinski definition) is 5. The van der Waals surface area contributed by atoms with Gasteiger partial charge in [-0.1, -0.05) is 18.2 Å². The van der Waals surface area contributed by atoms with Crippen LogP contribution in [0, 0.1) is 6.92 Å². The van der Waals surface area contributed by atoms with Crippen LogP contribution in [0.1, 0.15) is 15.4 Å². The average molecular weight is 358 g/mol. The highest BCUT2D eigenvalue weighted by Gasteiger charge is 2.16. The molecule has 6 nitrogen and oxygen atoms in total. The number of carbonyl (C=O) groups excluding carboxylic acids is 1. The summed E-state index contributed by atoms with van der Waals surface area (Å²) in [5.74, 6) is -0.0475. The number of ether oxygens (including phenoxy) is 1.